The molecule has 2 fully saturated rings. The molecule has 26 heavy (non-hydrogen) atoms. The van der Waals surface area contributed by atoms with Gasteiger partial charge in [0.1, 0.15) is 5.69 Å². The number of aromatic nitrogens is 3. The molecule has 0 radical (unpaired) electrons. The van der Waals surface area contributed by atoms with Gasteiger partial charge >= 0.3 is 0 Å². The summed E-state index contributed by atoms with van der Waals surface area (Å²) in [6.07, 6.45) is 7.94. The fourth-order valence-corrected chi connectivity index (χ4v) is 4.14. The van der Waals surface area contributed by atoms with Crippen molar-refractivity contribution in [2.75, 3.05) is 20.3 Å². The molecule has 0 spiro atoms. The van der Waals surface area contributed by atoms with Crippen LogP contribution in [0.15, 0.2) is 28.0 Å². The molecule has 1 saturated heterocycles. The van der Waals surface area contributed by atoms with Gasteiger partial charge in [-0.05, 0) is 37.1 Å². The highest BCUT2D eigenvalue weighted by Crippen LogP contribution is 2.41. The second-order valence-corrected chi connectivity index (χ2v) is 7.80. The van der Waals surface area contributed by atoms with Crippen molar-refractivity contribution >= 4 is 23.5 Å². The molecule has 8 heteroatoms. The zero-order chi connectivity index (χ0) is 18.0. The van der Waals surface area contributed by atoms with E-state index in [1.807, 2.05) is 33.9 Å². The van der Waals surface area contributed by atoms with Gasteiger partial charge in [0.25, 0.3) is 5.91 Å². The normalized spacial score (nSPS) is 23.0. The summed E-state index contributed by atoms with van der Waals surface area (Å²) in [5, 5.41) is 15.7. The van der Waals surface area contributed by atoms with Gasteiger partial charge in [0.15, 0.2) is 0 Å². The minimum atomic E-state index is -0.203. The summed E-state index contributed by atoms with van der Waals surface area (Å²) in [6, 6.07) is 1.63. The lowest BCUT2D eigenvalue weighted by molar-refractivity contribution is 0.0373. The molecule has 2 aliphatic rings. The SMILES string of the molecule is CN=CC1(n2cc(C(NC(=O)c3ccsc3)C3CCCOC3)nn2)CC1. The van der Waals surface area contributed by atoms with Crippen molar-refractivity contribution in [2.45, 2.75) is 37.3 Å². The zero-order valence-electron chi connectivity index (χ0n) is 14.8. The van der Waals surface area contributed by atoms with E-state index < -0.39 is 0 Å². The van der Waals surface area contributed by atoms with Crippen LogP contribution in [0.1, 0.15) is 47.8 Å². The molecule has 138 valence electrons. The van der Waals surface area contributed by atoms with E-state index in [2.05, 4.69) is 20.6 Å². The summed E-state index contributed by atoms with van der Waals surface area (Å²) < 4.78 is 7.55. The fourth-order valence-electron chi connectivity index (χ4n) is 3.50. The summed E-state index contributed by atoms with van der Waals surface area (Å²) in [7, 11) is 1.78. The Morgan fingerprint density at radius 3 is 3.12 bits per heavy atom. The number of nitrogens with zero attached hydrogens (tertiary/aromatic N) is 4. The third kappa shape index (κ3) is 3.43. The average Bonchev–Trinajstić information content (AvgIpc) is 3.08. The lowest BCUT2D eigenvalue weighted by Gasteiger charge is -2.29. The van der Waals surface area contributed by atoms with Crippen molar-refractivity contribution in [1.29, 1.82) is 0 Å². The molecule has 1 N–H and O–H groups in total. The molecule has 2 unspecified atom stereocenters. The van der Waals surface area contributed by atoms with Crippen LogP contribution < -0.4 is 5.32 Å². The number of thiophene rings is 1. The number of hydrogen-bond donors (Lipinski definition) is 1. The number of aliphatic imine (C=N–C) groups is 1. The molecule has 1 amide bonds. The molecule has 7 nitrogen and oxygen atoms in total. The van der Waals surface area contributed by atoms with Crippen LogP contribution in [0.25, 0.3) is 0 Å². The summed E-state index contributed by atoms with van der Waals surface area (Å²) in [4.78, 5) is 16.8. The molecule has 2 atom stereocenters. The van der Waals surface area contributed by atoms with Crippen LogP contribution in [0, 0.1) is 5.92 Å². The summed E-state index contributed by atoms with van der Waals surface area (Å²) in [6.45, 7) is 1.41. The number of hydrogen-bond acceptors (Lipinski definition) is 6. The topological polar surface area (TPSA) is 81.4 Å². The van der Waals surface area contributed by atoms with Crippen LogP contribution in [0.2, 0.25) is 0 Å². The lowest BCUT2D eigenvalue weighted by atomic mass is 9.91. The van der Waals surface area contributed by atoms with E-state index in [1.54, 1.807) is 7.05 Å². The van der Waals surface area contributed by atoms with E-state index in [-0.39, 0.29) is 23.4 Å². The van der Waals surface area contributed by atoms with E-state index in [0.717, 1.165) is 38.0 Å². The van der Waals surface area contributed by atoms with Crippen LogP contribution >= 0.6 is 11.3 Å². The number of ether oxygens (including phenoxy) is 1. The van der Waals surface area contributed by atoms with Crippen LogP contribution in [0.3, 0.4) is 0 Å². The van der Waals surface area contributed by atoms with Crippen LogP contribution in [0.4, 0.5) is 0 Å². The molecule has 0 bridgehead atoms. The van der Waals surface area contributed by atoms with Gasteiger partial charge in [-0.15, -0.1) is 5.10 Å². The maximum atomic E-state index is 12.6. The van der Waals surface area contributed by atoms with Gasteiger partial charge in [-0.25, -0.2) is 4.68 Å². The molecule has 3 heterocycles. The molecule has 2 aromatic heterocycles. The fraction of sp³-hybridized carbons (Fsp3) is 0.556. The Kier molecular flexibility index (Phi) is 4.86. The highest BCUT2D eigenvalue weighted by atomic mass is 32.1. The Balaban J connectivity index is 1.58. The lowest BCUT2D eigenvalue weighted by Crippen LogP contribution is -2.37. The number of carbonyl (C=O) groups excluding carboxylic acids is 1. The smallest absolute Gasteiger partial charge is 0.252 e. The summed E-state index contributed by atoms with van der Waals surface area (Å²) >= 11 is 1.52. The molecule has 4 rings (SSSR count). The van der Waals surface area contributed by atoms with Crippen LogP contribution in [0.5, 0.6) is 0 Å². The molecular weight excluding hydrogens is 350 g/mol. The predicted molar refractivity (Wildman–Crippen MR) is 99.7 cm³/mol. The molecule has 1 aliphatic heterocycles. The quantitative estimate of drug-likeness (QED) is 0.789. The van der Waals surface area contributed by atoms with Gasteiger partial charge in [0.2, 0.25) is 0 Å². The van der Waals surface area contributed by atoms with Crippen LogP contribution in [-0.2, 0) is 10.3 Å². The Hall–Kier alpha value is -2.06. The van der Waals surface area contributed by atoms with Crippen molar-refractivity contribution in [2.24, 2.45) is 10.9 Å². The average molecular weight is 373 g/mol. The van der Waals surface area contributed by atoms with E-state index in [0.29, 0.717) is 12.2 Å². The van der Waals surface area contributed by atoms with E-state index in [4.69, 9.17) is 4.74 Å². The largest absolute Gasteiger partial charge is 0.381 e. The number of rotatable bonds is 6. The van der Waals surface area contributed by atoms with E-state index in [9.17, 15) is 4.79 Å². The Morgan fingerprint density at radius 1 is 1.58 bits per heavy atom. The van der Waals surface area contributed by atoms with Crippen molar-refractivity contribution in [3.05, 3.63) is 34.3 Å². The Morgan fingerprint density at radius 2 is 2.46 bits per heavy atom. The minimum Gasteiger partial charge on any atom is -0.381 e. The summed E-state index contributed by atoms with van der Waals surface area (Å²) in [5.74, 6) is 0.124. The minimum absolute atomic E-state index is 0.0763. The van der Waals surface area contributed by atoms with Crippen molar-refractivity contribution in [3.8, 4) is 0 Å². The third-order valence-electron chi connectivity index (χ3n) is 5.15. The van der Waals surface area contributed by atoms with Gasteiger partial charge in [0.05, 0.1) is 29.9 Å². The van der Waals surface area contributed by atoms with Gasteiger partial charge in [-0.3, -0.25) is 9.79 Å². The molecule has 0 aromatic carbocycles. The highest BCUT2D eigenvalue weighted by Gasteiger charge is 2.45. The maximum absolute atomic E-state index is 12.6. The van der Waals surface area contributed by atoms with Gasteiger partial charge < -0.3 is 10.1 Å². The number of carbonyl (C=O) groups is 1. The number of nitrogens with one attached hydrogen (secondary N) is 1. The van der Waals surface area contributed by atoms with Crippen molar-refractivity contribution in [1.82, 2.24) is 20.3 Å². The first-order valence-corrected chi connectivity index (χ1v) is 9.93. The molecule has 1 aliphatic carbocycles. The van der Waals surface area contributed by atoms with E-state index >= 15 is 0 Å². The van der Waals surface area contributed by atoms with E-state index in [1.165, 1.54) is 11.3 Å². The highest BCUT2D eigenvalue weighted by molar-refractivity contribution is 7.08. The maximum Gasteiger partial charge on any atom is 0.252 e. The van der Waals surface area contributed by atoms with Gasteiger partial charge in [0, 0.05) is 31.2 Å². The second-order valence-electron chi connectivity index (χ2n) is 7.02. The summed E-state index contributed by atoms with van der Waals surface area (Å²) in [5.41, 5.74) is 1.34. The molecular formula is C18H23N5O2S. The zero-order valence-corrected chi connectivity index (χ0v) is 15.6. The number of amides is 1. The van der Waals surface area contributed by atoms with Gasteiger partial charge in [-0.1, -0.05) is 5.21 Å². The second kappa shape index (κ2) is 7.28. The first-order chi connectivity index (χ1) is 12.7. The van der Waals surface area contributed by atoms with Crippen molar-refractivity contribution in [3.63, 3.8) is 0 Å². The van der Waals surface area contributed by atoms with Crippen molar-refractivity contribution < 1.29 is 9.53 Å². The third-order valence-corrected chi connectivity index (χ3v) is 5.84. The van der Waals surface area contributed by atoms with Gasteiger partial charge in [-0.2, -0.15) is 11.3 Å². The molecule has 1 saturated carbocycles. The first kappa shape index (κ1) is 17.4. The standard InChI is InChI=1S/C18H23N5O2S/c1-19-12-18(5-6-18)23-9-15(21-22-23)16(13-3-2-7-25-10-13)20-17(24)14-4-8-26-11-14/h4,8-9,11-13,16H,2-3,5-7,10H2,1H3,(H,20,24). The Bertz CT molecular complexity index is 775. The Labute approximate surface area is 156 Å². The monoisotopic (exact) mass is 373 g/mol. The molecule has 2 aromatic rings. The predicted octanol–water partition coefficient (Wildman–Crippen LogP) is 2.43. The first-order valence-electron chi connectivity index (χ1n) is 8.99. The van der Waals surface area contributed by atoms with Crippen LogP contribution in [-0.4, -0.2) is 47.4 Å².